The van der Waals surface area contributed by atoms with Crippen molar-refractivity contribution in [2.75, 3.05) is 13.2 Å². The van der Waals surface area contributed by atoms with Gasteiger partial charge in [0.1, 0.15) is 5.69 Å². The summed E-state index contributed by atoms with van der Waals surface area (Å²) >= 11 is 0. The zero-order chi connectivity index (χ0) is 15.1. The van der Waals surface area contributed by atoms with Crippen molar-refractivity contribution in [1.82, 2.24) is 9.88 Å². The molecule has 1 heterocycles. The van der Waals surface area contributed by atoms with Gasteiger partial charge in [-0.25, -0.2) is 0 Å². The van der Waals surface area contributed by atoms with Crippen LogP contribution in [0.25, 0.3) is 0 Å². The molecule has 0 fully saturated rings. The molecule has 20 heavy (non-hydrogen) atoms. The maximum atomic E-state index is 11.8. The van der Waals surface area contributed by atoms with E-state index in [4.69, 9.17) is 4.74 Å². The Hall–Kier alpha value is -2.38. The number of ether oxygens (including phenoxy) is 1. The molecule has 110 valence electrons. The predicted octanol–water partition coefficient (Wildman–Crippen LogP) is 1.01. The first-order valence-electron chi connectivity index (χ1n) is 6.20. The molecule has 0 atom stereocenters. The average Bonchev–Trinajstić information content (AvgIpc) is 2.77. The number of nitro groups is 1. The fourth-order valence-electron chi connectivity index (χ4n) is 1.63. The number of hydrogen-bond acceptors (Lipinski definition) is 5. The summed E-state index contributed by atoms with van der Waals surface area (Å²) < 4.78 is 6.14. The second kappa shape index (κ2) is 7.27. The highest BCUT2D eigenvalue weighted by atomic mass is 16.6. The van der Waals surface area contributed by atoms with Crippen LogP contribution in [0.2, 0.25) is 0 Å². The van der Waals surface area contributed by atoms with Crippen LogP contribution in [0.3, 0.4) is 0 Å². The number of carbonyl (C=O) groups excluding carboxylic acids is 2. The predicted molar refractivity (Wildman–Crippen MR) is 70.3 cm³/mol. The number of aryl methyl sites for hydroxylation is 1. The Balaban J connectivity index is 2.43. The van der Waals surface area contributed by atoms with Gasteiger partial charge in [0.05, 0.1) is 17.7 Å². The van der Waals surface area contributed by atoms with Crippen LogP contribution >= 0.6 is 0 Å². The van der Waals surface area contributed by atoms with Crippen molar-refractivity contribution in [3.8, 4) is 0 Å². The maximum absolute atomic E-state index is 11.8. The molecule has 8 heteroatoms. The number of nitrogens with one attached hydrogen (secondary N) is 1. The number of aromatic nitrogens is 1. The molecule has 1 N–H and O–H groups in total. The Morgan fingerprint density at radius 2 is 2.20 bits per heavy atom. The highest BCUT2D eigenvalue weighted by Crippen LogP contribution is 2.14. The number of rotatable bonds is 7. The van der Waals surface area contributed by atoms with Gasteiger partial charge in [-0.2, -0.15) is 0 Å². The molecule has 0 spiro atoms. The van der Waals surface area contributed by atoms with Crippen molar-refractivity contribution in [1.29, 1.82) is 0 Å². The highest BCUT2D eigenvalue weighted by Gasteiger charge is 2.17. The van der Waals surface area contributed by atoms with Crippen LogP contribution in [0.5, 0.6) is 0 Å². The second-order valence-electron chi connectivity index (χ2n) is 4.12. The van der Waals surface area contributed by atoms with Crippen LogP contribution in [-0.2, 0) is 16.6 Å². The van der Waals surface area contributed by atoms with Crippen molar-refractivity contribution >= 4 is 17.6 Å². The van der Waals surface area contributed by atoms with Crippen molar-refractivity contribution in [2.24, 2.45) is 7.05 Å². The summed E-state index contributed by atoms with van der Waals surface area (Å²) in [5.74, 6) is -0.722. The molecule has 0 aliphatic rings. The number of carbonyl (C=O) groups is 2. The van der Waals surface area contributed by atoms with Crippen molar-refractivity contribution in [3.05, 3.63) is 28.1 Å². The molecule has 1 aromatic heterocycles. The third-order valence-electron chi connectivity index (χ3n) is 2.58. The zero-order valence-electron chi connectivity index (χ0n) is 11.4. The van der Waals surface area contributed by atoms with Crippen molar-refractivity contribution in [3.63, 3.8) is 0 Å². The van der Waals surface area contributed by atoms with Gasteiger partial charge in [0.25, 0.3) is 11.6 Å². The van der Waals surface area contributed by atoms with Crippen LogP contribution in [-0.4, -0.2) is 34.5 Å². The zero-order valence-corrected chi connectivity index (χ0v) is 11.4. The highest BCUT2D eigenvalue weighted by molar-refractivity contribution is 5.93. The molecule has 1 rings (SSSR count). The minimum absolute atomic E-state index is 0.135. The molecule has 0 saturated heterocycles. The summed E-state index contributed by atoms with van der Waals surface area (Å²) in [5, 5.41) is 13.2. The van der Waals surface area contributed by atoms with E-state index in [-0.39, 0.29) is 23.8 Å². The minimum Gasteiger partial charge on any atom is -0.466 e. The second-order valence-corrected chi connectivity index (χ2v) is 4.12. The van der Waals surface area contributed by atoms with E-state index in [1.165, 1.54) is 16.8 Å². The molecule has 1 amide bonds. The molecular formula is C12H17N3O5. The maximum Gasteiger partial charge on any atom is 0.305 e. The quantitative estimate of drug-likeness (QED) is 0.348. The first-order chi connectivity index (χ1) is 9.45. The van der Waals surface area contributed by atoms with E-state index >= 15 is 0 Å². The van der Waals surface area contributed by atoms with Crippen LogP contribution in [0.1, 0.15) is 30.3 Å². The van der Waals surface area contributed by atoms with Gasteiger partial charge in [-0.15, -0.1) is 0 Å². The van der Waals surface area contributed by atoms with Gasteiger partial charge >= 0.3 is 5.97 Å². The normalized spacial score (nSPS) is 10.1. The topological polar surface area (TPSA) is 103 Å². The lowest BCUT2D eigenvalue weighted by atomic mass is 10.3. The Morgan fingerprint density at radius 1 is 1.50 bits per heavy atom. The van der Waals surface area contributed by atoms with Crippen LogP contribution < -0.4 is 5.32 Å². The van der Waals surface area contributed by atoms with Gasteiger partial charge in [0.2, 0.25) is 0 Å². The first kappa shape index (κ1) is 15.7. The van der Waals surface area contributed by atoms with Crippen LogP contribution in [0.15, 0.2) is 12.3 Å². The summed E-state index contributed by atoms with van der Waals surface area (Å²) in [6.07, 6.45) is 1.95. The monoisotopic (exact) mass is 283 g/mol. The molecule has 1 aromatic rings. The van der Waals surface area contributed by atoms with E-state index in [9.17, 15) is 19.7 Å². The number of esters is 1. The lowest BCUT2D eigenvalue weighted by Gasteiger charge is -2.05. The fraction of sp³-hybridized carbons (Fsp3) is 0.500. The first-order valence-corrected chi connectivity index (χ1v) is 6.20. The lowest BCUT2D eigenvalue weighted by molar-refractivity contribution is -0.384. The van der Waals surface area contributed by atoms with E-state index in [0.29, 0.717) is 19.6 Å². The smallest absolute Gasteiger partial charge is 0.305 e. The number of nitrogens with zero attached hydrogens (tertiary/aromatic N) is 2. The number of amides is 1. The summed E-state index contributed by atoms with van der Waals surface area (Å²) in [7, 11) is 1.56. The molecule has 0 aromatic carbocycles. The van der Waals surface area contributed by atoms with Gasteiger partial charge in [0, 0.05) is 26.1 Å². The van der Waals surface area contributed by atoms with Gasteiger partial charge in [0.15, 0.2) is 0 Å². The summed E-state index contributed by atoms with van der Waals surface area (Å²) in [5.41, 5.74) is 0.0667. The summed E-state index contributed by atoms with van der Waals surface area (Å²) in [4.78, 5) is 32.9. The molecule has 8 nitrogen and oxygen atoms in total. The minimum atomic E-state index is -0.558. The lowest BCUT2D eigenvalue weighted by Crippen LogP contribution is -2.26. The molecular weight excluding hydrogens is 266 g/mol. The van der Waals surface area contributed by atoms with Gasteiger partial charge in [-0.3, -0.25) is 19.7 Å². The molecule has 0 aliphatic heterocycles. The Labute approximate surface area is 115 Å². The third-order valence-corrected chi connectivity index (χ3v) is 2.58. The van der Waals surface area contributed by atoms with Crippen LogP contribution in [0, 0.1) is 10.1 Å². The molecule has 0 radical (unpaired) electrons. The van der Waals surface area contributed by atoms with Crippen molar-refractivity contribution < 1.29 is 19.2 Å². The SMILES string of the molecule is CCOC(=O)CCCNC(=O)c1cc([N+](=O)[O-])cn1C. The largest absolute Gasteiger partial charge is 0.466 e. The summed E-state index contributed by atoms with van der Waals surface area (Å²) in [6, 6.07) is 1.21. The fourth-order valence-corrected chi connectivity index (χ4v) is 1.63. The Bertz CT molecular complexity index is 509. The Kier molecular flexibility index (Phi) is 5.70. The van der Waals surface area contributed by atoms with Crippen molar-refractivity contribution in [2.45, 2.75) is 19.8 Å². The molecule has 0 unspecified atom stereocenters. The standard InChI is InChI=1S/C12H17N3O5/c1-3-20-11(16)5-4-6-13-12(17)10-7-9(15(18)19)8-14(10)2/h7-8H,3-6H2,1-2H3,(H,13,17). The van der Waals surface area contributed by atoms with Gasteiger partial charge < -0.3 is 14.6 Å². The molecule has 0 bridgehead atoms. The average molecular weight is 283 g/mol. The van der Waals surface area contributed by atoms with E-state index < -0.39 is 10.8 Å². The Morgan fingerprint density at radius 3 is 2.75 bits per heavy atom. The van der Waals surface area contributed by atoms with Gasteiger partial charge in [-0.05, 0) is 13.3 Å². The van der Waals surface area contributed by atoms with E-state index in [2.05, 4.69) is 5.32 Å². The van der Waals surface area contributed by atoms with E-state index in [1.54, 1.807) is 14.0 Å². The molecule has 0 aliphatic carbocycles. The van der Waals surface area contributed by atoms with Gasteiger partial charge in [-0.1, -0.05) is 0 Å². The van der Waals surface area contributed by atoms with E-state index in [1.807, 2.05) is 0 Å². The van der Waals surface area contributed by atoms with Crippen LogP contribution in [0.4, 0.5) is 5.69 Å². The van der Waals surface area contributed by atoms with E-state index in [0.717, 1.165) is 0 Å². The number of hydrogen-bond donors (Lipinski definition) is 1. The molecule has 0 saturated carbocycles. The third kappa shape index (κ3) is 4.38. The summed E-state index contributed by atoms with van der Waals surface area (Å²) in [6.45, 7) is 2.36.